The Bertz CT molecular complexity index is 422. The van der Waals surface area contributed by atoms with Crippen LogP contribution >= 0.6 is 11.6 Å². The van der Waals surface area contributed by atoms with Gasteiger partial charge in [0, 0.05) is 19.8 Å². The molecule has 1 aliphatic heterocycles. The van der Waals surface area contributed by atoms with Crippen LogP contribution < -0.4 is 5.32 Å². The highest BCUT2D eigenvalue weighted by Crippen LogP contribution is 2.24. The third-order valence-corrected chi connectivity index (χ3v) is 3.36. The minimum Gasteiger partial charge on any atom is -0.384 e. The zero-order chi connectivity index (χ0) is 12.1. The van der Waals surface area contributed by atoms with E-state index >= 15 is 0 Å². The third kappa shape index (κ3) is 3.12. The number of halogens is 1. The Morgan fingerprint density at radius 2 is 2.18 bits per heavy atom. The van der Waals surface area contributed by atoms with Gasteiger partial charge in [0.1, 0.15) is 6.07 Å². The van der Waals surface area contributed by atoms with E-state index in [1.54, 1.807) is 6.07 Å². The highest BCUT2D eigenvalue weighted by molar-refractivity contribution is 6.32. The van der Waals surface area contributed by atoms with Crippen molar-refractivity contribution >= 4 is 17.3 Å². The number of anilines is 1. The molecular weight excluding hydrogens is 236 g/mol. The van der Waals surface area contributed by atoms with E-state index in [0.717, 1.165) is 38.3 Å². The van der Waals surface area contributed by atoms with Gasteiger partial charge in [-0.2, -0.15) is 5.26 Å². The monoisotopic (exact) mass is 250 g/mol. The van der Waals surface area contributed by atoms with Gasteiger partial charge in [-0.3, -0.25) is 0 Å². The second kappa shape index (κ2) is 5.90. The molecule has 0 aliphatic carbocycles. The number of nitrogens with zero attached hydrogens (tertiary/aromatic N) is 1. The minimum absolute atomic E-state index is 0.504. The van der Waals surface area contributed by atoms with Crippen LogP contribution in [0.3, 0.4) is 0 Å². The lowest BCUT2D eigenvalue weighted by molar-refractivity contribution is 0.0699. The van der Waals surface area contributed by atoms with Crippen LogP contribution in [-0.2, 0) is 4.74 Å². The number of hydrogen-bond acceptors (Lipinski definition) is 3. The van der Waals surface area contributed by atoms with Crippen molar-refractivity contribution in [1.29, 1.82) is 5.26 Å². The van der Waals surface area contributed by atoms with Crippen molar-refractivity contribution in [3.63, 3.8) is 0 Å². The Kier molecular flexibility index (Phi) is 4.24. The molecule has 0 aromatic heterocycles. The molecule has 1 aromatic rings. The summed E-state index contributed by atoms with van der Waals surface area (Å²) in [4.78, 5) is 0. The van der Waals surface area contributed by atoms with E-state index in [9.17, 15) is 0 Å². The molecular formula is C13H15ClN2O. The summed E-state index contributed by atoms with van der Waals surface area (Å²) in [7, 11) is 0. The zero-order valence-corrected chi connectivity index (χ0v) is 10.3. The first-order valence-corrected chi connectivity index (χ1v) is 6.19. The second-order valence-corrected chi connectivity index (χ2v) is 4.62. The molecule has 17 heavy (non-hydrogen) atoms. The lowest BCUT2D eigenvalue weighted by Crippen LogP contribution is -2.22. The minimum atomic E-state index is 0.504. The van der Waals surface area contributed by atoms with E-state index < -0.39 is 0 Å². The molecule has 0 amide bonds. The molecule has 0 bridgehead atoms. The lowest BCUT2D eigenvalue weighted by atomic mass is 10.0. The number of rotatable bonds is 3. The average Bonchev–Trinajstić information content (AvgIpc) is 2.37. The highest BCUT2D eigenvalue weighted by atomic mass is 35.5. The number of ether oxygens (including phenoxy) is 1. The lowest BCUT2D eigenvalue weighted by Gasteiger charge is -2.23. The summed E-state index contributed by atoms with van der Waals surface area (Å²) in [6.07, 6.45) is 2.16. The fraction of sp³-hybridized carbons (Fsp3) is 0.462. The quantitative estimate of drug-likeness (QED) is 0.897. The van der Waals surface area contributed by atoms with Crippen molar-refractivity contribution in [3.05, 3.63) is 28.8 Å². The molecule has 0 radical (unpaired) electrons. The molecule has 0 saturated carbocycles. The van der Waals surface area contributed by atoms with Crippen LogP contribution in [0, 0.1) is 17.2 Å². The Balaban J connectivity index is 1.99. The fourth-order valence-corrected chi connectivity index (χ4v) is 2.21. The second-order valence-electron chi connectivity index (χ2n) is 4.21. The van der Waals surface area contributed by atoms with Gasteiger partial charge in [-0.15, -0.1) is 0 Å². The summed E-state index contributed by atoms with van der Waals surface area (Å²) in [5.74, 6) is 0.620. The predicted octanol–water partition coefficient (Wildman–Crippen LogP) is 3.05. The van der Waals surface area contributed by atoms with E-state index in [2.05, 4.69) is 11.4 Å². The van der Waals surface area contributed by atoms with Crippen LogP contribution in [0.25, 0.3) is 0 Å². The van der Waals surface area contributed by atoms with Crippen LogP contribution in [0.15, 0.2) is 18.2 Å². The van der Waals surface area contributed by atoms with Crippen molar-refractivity contribution in [3.8, 4) is 6.07 Å². The van der Waals surface area contributed by atoms with Gasteiger partial charge in [-0.25, -0.2) is 0 Å². The number of benzene rings is 1. The summed E-state index contributed by atoms with van der Waals surface area (Å²) in [5.41, 5.74) is 1.35. The maximum Gasteiger partial charge on any atom is 0.103 e. The molecule has 90 valence electrons. The maximum absolute atomic E-state index is 9.04. The first-order chi connectivity index (χ1) is 8.31. The van der Waals surface area contributed by atoms with E-state index in [-0.39, 0.29) is 0 Å². The van der Waals surface area contributed by atoms with Crippen molar-refractivity contribution in [2.75, 3.05) is 25.1 Å². The Morgan fingerprint density at radius 1 is 1.41 bits per heavy atom. The number of hydrogen-bond donors (Lipinski definition) is 1. The molecule has 0 spiro atoms. The molecule has 1 N–H and O–H groups in total. The van der Waals surface area contributed by atoms with Crippen molar-refractivity contribution in [2.24, 2.45) is 5.92 Å². The van der Waals surface area contributed by atoms with Gasteiger partial charge in [0.2, 0.25) is 0 Å². The fourth-order valence-electron chi connectivity index (χ4n) is 1.99. The number of nitrogens with one attached hydrogen (secondary N) is 1. The normalized spacial score (nSPS) is 16.5. The van der Waals surface area contributed by atoms with Gasteiger partial charge in [-0.1, -0.05) is 17.7 Å². The van der Waals surface area contributed by atoms with Crippen LogP contribution in [0.1, 0.15) is 18.4 Å². The van der Waals surface area contributed by atoms with Crippen molar-refractivity contribution in [1.82, 2.24) is 0 Å². The zero-order valence-electron chi connectivity index (χ0n) is 9.58. The molecule has 3 nitrogen and oxygen atoms in total. The van der Waals surface area contributed by atoms with Crippen molar-refractivity contribution < 1.29 is 4.74 Å². The van der Waals surface area contributed by atoms with Crippen LogP contribution in [0.2, 0.25) is 5.02 Å². The smallest absolute Gasteiger partial charge is 0.103 e. The molecule has 1 aromatic carbocycles. The van der Waals surface area contributed by atoms with Crippen LogP contribution in [-0.4, -0.2) is 19.8 Å². The molecule has 1 heterocycles. The number of nitriles is 1. The standard InChI is InChI=1S/C13H15ClN2O/c14-12-2-1-3-13(11(12)8-15)16-9-10-4-6-17-7-5-10/h1-3,10,16H,4-7,9H2. The Labute approximate surface area is 106 Å². The predicted molar refractivity (Wildman–Crippen MR) is 68.2 cm³/mol. The molecule has 1 saturated heterocycles. The van der Waals surface area contributed by atoms with Gasteiger partial charge < -0.3 is 10.1 Å². The molecule has 4 heteroatoms. The first-order valence-electron chi connectivity index (χ1n) is 5.81. The van der Waals surface area contributed by atoms with Crippen molar-refractivity contribution in [2.45, 2.75) is 12.8 Å². The van der Waals surface area contributed by atoms with Gasteiger partial charge in [0.15, 0.2) is 0 Å². The van der Waals surface area contributed by atoms with E-state index in [0.29, 0.717) is 16.5 Å². The molecule has 2 rings (SSSR count). The highest BCUT2D eigenvalue weighted by Gasteiger charge is 2.14. The summed E-state index contributed by atoms with van der Waals surface area (Å²) < 4.78 is 5.31. The van der Waals surface area contributed by atoms with Gasteiger partial charge in [-0.05, 0) is 30.9 Å². The molecule has 0 unspecified atom stereocenters. The molecule has 1 aliphatic rings. The first kappa shape index (κ1) is 12.2. The third-order valence-electron chi connectivity index (χ3n) is 3.05. The van der Waals surface area contributed by atoms with Crippen LogP contribution in [0.5, 0.6) is 0 Å². The van der Waals surface area contributed by atoms with Gasteiger partial charge in [0.05, 0.1) is 16.3 Å². The summed E-state index contributed by atoms with van der Waals surface area (Å²) in [6.45, 7) is 2.55. The Hall–Kier alpha value is -1.24. The van der Waals surface area contributed by atoms with E-state index in [4.69, 9.17) is 21.6 Å². The van der Waals surface area contributed by atoms with Crippen LogP contribution in [0.4, 0.5) is 5.69 Å². The van der Waals surface area contributed by atoms with Gasteiger partial charge in [0.25, 0.3) is 0 Å². The van der Waals surface area contributed by atoms with E-state index in [1.807, 2.05) is 12.1 Å². The summed E-state index contributed by atoms with van der Waals surface area (Å²) in [6, 6.07) is 7.62. The molecule has 0 atom stereocenters. The summed E-state index contributed by atoms with van der Waals surface area (Å²) >= 11 is 5.97. The SMILES string of the molecule is N#Cc1c(Cl)cccc1NCC1CCOCC1. The van der Waals surface area contributed by atoms with E-state index in [1.165, 1.54) is 0 Å². The average molecular weight is 251 g/mol. The largest absolute Gasteiger partial charge is 0.384 e. The molecule has 1 fully saturated rings. The Morgan fingerprint density at radius 3 is 2.88 bits per heavy atom. The maximum atomic E-state index is 9.04. The summed E-state index contributed by atoms with van der Waals surface area (Å²) in [5, 5.41) is 12.9. The van der Waals surface area contributed by atoms with Gasteiger partial charge >= 0.3 is 0 Å². The topological polar surface area (TPSA) is 45.0 Å².